The molecule has 1 nitrogen and oxygen atoms in total. The van der Waals surface area contributed by atoms with Gasteiger partial charge in [0.2, 0.25) is 0 Å². The van der Waals surface area contributed by atoms with Gasteiger partial charge in [0.1, 0.15) is 5.82 Å². The van der Waals surface area contributed by atoms with Crippen LogP contribution in [0.15, 0.2) is 18.2 Å². The molecule has 10 heavy (non-hydrogen) atoms. The fraction of sp³-hybridized carbons (Fsp3) is 0.125. The Morgan fingerprint density at radius 3 is 2.70 bits per heavy atom. The number of hydrogen-bond donors (Lipinski definition) is 1. The molecule has 0 aliphatic heterocycles. The minimum absolute atomic E-state index is 0.294. The molecule has 0 atom stereocenters. The maximum absolute atomic E-state index is 12.9. The maximum Gasteiger partial charge on any atom is 0.134 e. The zero-order valence-corrected chi connectivity index (χ0v) is 5.69. The standard InChI is InChI=1S/C8H8FN/c1-6-3-2-4-7(5-10)8(6)9/h2-5,10H,1H3. The minimum Gasteiger partial charge on any atom is -0.308 e. The topological polar surface area (TPSA) is 23.9 Å². The molecule has 0 radical (unpaired) electrons. The molecule has 1 N–H and O–H groups in total. The third-order valence-corrected chi connectivity index (χ3v) is 1.38. The van der Waals surface area contributed by atoms with Crippen LogP contribution in [0.5, 0.6) is 0 Å². The zero-order chi connectivity index (χ0) is 7.56. The van der Waals surface area contributed by atoms with E-state index < -0.39 is 0 Å². The third-order valence-electron chi connectivity index (χ3n) is 1.38. The van der Waals surface area contributed by atoms with Crippen LogP contribution in [0.2, 0.25) is 0 Å². The lowest BCUT2D eigenvalue weighted by Crippen LogP contribution is -1.89. The van der Waals surface area contributed by atoms with Gasteiger partial charge < -0.3 is 5.41 Å². The minimum atomic E-state index is -0.294. The predicted octanol–water partition coefficient (Wildman–Crippen LogP) is 2.13. The molecule has 0 saturated carbocycles. The summed E-state index contributed by atoms with van der Waals surface area (Å²) in [6.07, 6.45) is 1.02. The Hall–Kier alpha value is -1.18. The van der Waals surface area contributed by atoms with E-state index >= 15 is 0 Å². The van der Waals surface area contributed by atoms with E-state index in [2.05, 4.69) is 0 Å². The van der Waals surface area contributed by atoms with Gasteiger partial charge in [-0.15, -0.1) is 0 Å². The molecule has 0 amide bonds. The summed E-state index contributed by atoms with van der Waals surface area (Å²) in [5, 5.41) is 6.82. The lowest BCUT2D eigenvalue weighted by atomic mass is 10.1. The van der Waals surface area contributed by atoms with Gasteiger partial charge in [-0.3, -0.25) is 0 Å². The molecule has 0 bridgehead atoms. The molecule has 0 aromatic heterocycles. The second kappa shape index (κ2) is 2.60. The second-order valence-corrected chi connectivity index (χ2v) is 2.12. The summed E-state index contributed by atoms with van der Waals surface area (Å²) in [5.74, 6) is -0.294. The van der Waals surface area contributed by atoms with Crippen LogP contribution in [0, 0.1) is 18.2 Å². The first kappa shape index (κ1) is 6.93. The van der Waals surface area contributed by atoms with Crippen LogP contribution in [0.3, 0.4) is 0 Å². The van der Waals surface area contributed by atoms with Crippen LogP contribution in [0.4, 0.5) is 4.39 Å². The molecule has 0 unspecified atom stereocenters. The van der Waals surface area contributed by atoms with Gasteiger partial charge in [0.05, 0.1) is 0 Å². The van der Waals surface area contributed by atoms with Gasteiger partial charge in [0, 0.05) is 11.8 Å². The first-order valence-electron chi connectivity index (χ1n) is 3.01. The van der Waals surface area contributed by atoms with Crippen LogP contribution < -0.4 is 0 Å². The maximum atomic E-state index is 12.9. The van der Waals surface area contributed by atoms with E-state index in [-0.39, 0.29) is 5.82 Å². The van der Waals surface area contributed by atoms with E-state index in [0.717, 1.165) is 6.21 Å². The molecule has 0 spiro atoms. The molecule has 0 aliphatic carbocycles. The highest BCUT2D eigenvalue weighted by Crippen LogP contribution is 2.08. The number of benzene rings is 1. The summed E-state index contributed by atoms with van der Waals surface area (Å²) < 4.78 is 12.9. The summed E-state index contributed by atoms with van der Waals surface area (Å²) in [6, 6.07) is 5.00. The normalized spacial score (nSPS) is 9.40. The average Bonchev–Trinajstić information content (AvgIpc) is 1.95. The lowest BCUT2D eigenvalue weighted by Gasteiger charge is -1.97. The fourth-order valence-electron chi connectivity index (χ4n) is 0.782. The highest BCUT2D eigenvalue weighted by molar-refractivity contribution is 5.77. The highest BCUT2D eigenvalue weighted by atomic mass is 19.1. The fourth-order valence-corrected chi connectivity index (χ4v) is 0.782. The summed E-state index contributed by atoms with van der Waals surface area (Å²) in [4.78, 5) is 0. The van der Waals surface area contributed by atoms with Gasteiger partial charge in [-0.05, 0) is 12.5 Å². The molecule has 1 aromatic carbocycles. The number of nitrogens with one attached hydrogen (secondary N) is 1. The highest BCUT2D eigenvalue weighted by Gasteiger charge is 1.99. The van der Waals surface area contributed by atoms with Crippen molar-refractivity contribution >= 4 is 6.21 Å². The Morgan fingerprint density at radius 2 is 2.20 bits per heavy atom. The summed E-state index contributed by atoms with van der Waals surface area (Å²) in [6.45, 7) is 1.68. The largest absolute Gasteiger partial charge is 0.308 e. The van der Waals surface area contributed by atoms with Crippen molar-refractivity contribution in [1.29, 1.82) is 5.41 Å². The first-order chi connectivity index (χ1) is 4.75. The first-order valence-corrected chi connectivity index (χ1v) is 3.01. The molecule has 0 fully saturated rings. The van der Waals surface area contributed by atoms with Gasteiger partial charge in [0.25, 0.3) is 0 Å². The Balaban J connectivity index is 3.27. The third kappa shape index (κ3) is 1.05. The molecular weight excluding hydrogens is 129 g/mol. The van der Waals surface area contributed by atoms with Gasteiger partial charge >= 0.3 is 0 Å². The van der Waals surface area contributed by atoms with Crippen LogP contribution in [-0.4, -0.2) is 6.21 Å². The van der Waals surface area contributed by atoms with Crippen molar-refractivity contribution in [2.24, 2.45) is 0 Å². The molecule has 0 heterocycles. The van der Waals surface area contributed by atoms with Gasteiger partial charge in [-0.1, -0.05) is 18.2 Å². The monoisotopic (exact) mass is 137 g/mol. The molecule has 0 aliphatic rings. The van der Waals surface area contributed by atoms with Gasteiger partial charge in [-0.2, -0.15) is 0 Å². The second-order valence-electron chi connectivity index (χ2n) is 2.12. The van der Waals surface area contributed by atoms with E-state index in [1.807, 2.05) is 0 Å². The van der Waals surface area contributed by atoms with E-state index in [1.165, 1.54) is 0 Å². The molecule has 0 saturated heterocycles. The lowest BCUT2D eigenvalue weighted by molar-refractivity contribution is 0.616. The average molecular weight is 137 g/mol. The van der Waals surface area contributed by atoms with Crippen molar-refractivity contribution in [3.8, 4) is 0 Å². The Morgan fingerprint density at radius 1 is 1.50 bits per heavy atom. The summed E-state index contributed by atoms with van der Waals surface area (Å²) in [7, 11) is 0. The predicted molar refractivity (Wildman–Crippen MR) is 39.0 cm³/mol. The molecule has 1 aromatic rings. The van der Waals surface area contributed by atoms with E-state index in [4.69, 9.17) is 5.41 Å². The van der Waals surface area contributed by atoms with Crippen molar-refractivity contribution in [2.45, 2.75) is 6.92 Å². The van der Waals surface area contributed by atoms with Gasteiger partial charge in [-0.25, -0.2) is 4.39 Å². The number of rotatable bonds is 1. The van der Waals surface area contributed by atoms with Crippen LogP contribution in [-0.2, 0) is 0 Å². The number of aryl methyl sites for hydroxylation is 1. The van der Waals surface area contributed by atoms with Crippen molar-refractivity contribution in [3.05, 3.63) is 35.1 Å². The van der Waals surface area contributed by atoms with Crippen molar-refractivity contribution in [2.75, 3.05) is 0 Å². The van der Waals surface area contributed by atoms with E-state index in [1.54, 1.807) is 25.1 Å². The zero-order valence-electron chi connectivity index (χ0n) is 5.69. The van der Waals surface area contributed by atoms with Crippen LogP contribution >= 0.6 is 0 Å². The Kier molecular flexibility index (Phi) is 1.81. The Bertz CT molecular complexity index is 255. The van der Waals surface area contributed by atoms with Crippen LogP contribution in [0.1, 0.15) is 11.1 Å². The van der Waals surface area contributed by atoms with E-state index in [9.17, 15) is 4.39 Å². The van der Waals surface area contributed by atoms with Crippen LogP contribution in [0.25, 0.3) is 0 Å². The SMILES string of the molecule is Cc1cccc(C=N)c1F. The van der Waals surface area contributed by atoms with Crippen molar-refractivity contribution in [1.82, 2.24) is 0 Å². The molecular formula is C8H8FN. The van der Waals surface area contributed by atoms with Crippen molar-refractivity contribution < 1.29 is 4.39 Å². The smallest absolute Gasteiger partial charge is 0.134 e. The molecule has 1 rings (SSSR count). The summed E-state index contributed by atoms with van der Waals surface area (Å²) >= 11 is 0. The number of hydrogen-bond acceptors (Lipinski definition) is 1. The van der Waals surface area contributed by atoms with E-state index in [0.29, 0.717) is 11.1 Å². The van der Waals surface area contributed by atoms with Gasteiger partial charge in [0.15, 0.2) is 0 Å². The molecule has 52 valence electrons. The quantitative estimate of drug-likeness (QED) is 0.573. The number of halogens is 1. The summed E-state index contributed by atoms with van der Waals surface area (Å²) in [5.41, 5.74) is 0.931. The molecule has 2 heteroatoms. The Labute approximate surface area is 59.0 Å². The van der Waals surface area contributed by atoms with Crippen molar-refractivity contribution in [3.63, 3.8) is 0 Å².